The van der Waals surface area contributed by atoms with E-state index in [1.165, 1.54) is 4.90 Å². The number of nitrogen functional groups attached to an aromatic ring is 1. The number of carbonyl (C=O) groups excluding carboxylic acids is 2. The summed E-state index contributed by atoms with van der Waals surface area (Å²) >= 11 is 3.73. The van der Waals surface area contributed by atoms with Crippen LogP contribution >= 0.6 is 23.5 Å². The second-order valence-corrected chi connectivity index (χ2v) is 7.15. The van der Waals surface area contributed by atoms with Gasteiger partial charge in [0.05, 0.1) is 11.1 Å². The number of fused-ring (bicyclic) bond motifs is 1. The van der Waals surface area contributed by atoms with Crippen LogP contribution in [0.15, 0.2) is 18.2 Å². The van der Waals surface area contributed by atoms with Crippen molar-refractivity contribution in [3.8, 4) is 0 Å². The maximum absolute atomic E-state index is 12.3. The number of benzene rings is 1. The molecule has 2 N–H and O–H groups in total. The number of thioether (sulfide) groups is 2. The van der Waals surface area contributed by atoms with Crippen LogP contribution in [0.25, 0.3) is 0 Å². The highest BCUT2D eigenvalue weighted by Crippen LogP contribution is 2.29. The molecule has 2 amide bonds. The van der Waals surface area contributed by atoms with E-state index in [0.29, 0.717) is 28.6 Å². The van der Waals surface area contributed by atoms with Crippen LogP contribution in [0.3, 0.4) is 0 Å². The number of rotatable bonds is 2. The van der Waals surface area contributed by atoms with Crippen LogP contribution in [0.2, 0.25) is 0 Å². The Labute approximate surface area is 120 Å². The largest absolute Gasteiger partial charge is 0.399 e. The maximum Gasteiger partial charge on any atom is 0.261 e. The van der Waals surface area contributed by atoms with Crippen LogP contribution in [0, 0.1) is 0 Å². The van der Waals surface area contributed by atoms with Gasteiger partial charge in [-0.15, -0.1) is 0 Å². The van der Waals surface area contributed by atoms with Gasteiger partial charge < -0.3 is 5.73 Å². The quantitative estimate of drug-likeness (QED) is 0.664. The molecule has 2 aliphatic rings. The van der Waals surface area contributed by atoms with E-state index in [2.05, 4.69) is 0 Å². The Hall–Kier alpha value is -1.14. The molecule has 100 valence electrons. The number of hydrogen-bond donors (Lipinski definition) is 1. The molecule has 1 atom stereocenters. The fraction of sp³-hybridized carbons (Fsp3) is 0.385. The molecule has 1 aromatic carbocycles. The van der Waals surface area contributed by atoms with Crippen molar-refractivity contribution in [2.45, 2.75) is 5.25 Å². The van der Waals surface area contributed by atoms with Crippen molar-refractivity contribution >= 4 is 41.0 Å². The Morgan fingerprint density at radius 2 is 2.00 bits per heavy atom. The van der Waals surface area contributed by atoms with Crippen molar-refractivity contribution in [1.82, 2.24) is 4.90 Å². The Bertz CT molecular complexity index is 541. The van der Waals surface area contributed by atoms with Crippen molar-refractivity contribution in [1.29, 1.82) is 0 Å². The second kappa shape index (κ2) is 5.09. The minimum Gasteiger partial charge on any atom is -0.399 e. The fourth-order valence-electron chi connectivity index (χ4n) is 2.32. The SMILES string of the molecule is Nc1ccc2c(c1)C(=O)N(CC1CSCCS1)C2=O. The molecular weight excluding hydrogens is 280 g/mol. The van der Waals surface area contributed by atoms with Crippen LogP contribution in [0.1, 0.15) is 20.7 Å². The minimum atomic E-state index is -0.205. The Kier molecular flexibility index (Phi) is 3.45. The molecule has 1 aromatic rings. The van der Waals surface area contributed by atoms with Crippen molar-refractivity contribution in [2.75, 3.05) is 29.5 Å². The molecule has 0 radical (unpaired) electrons. The summed E-state index contributed by atoms with van der Waals surface area (Å²) in [6.45, 7) is 0.504. The van der Waals surface area contributed by atoms with Gasteiger partial charge in [0.1, 0.15) is 0 Å². The molecule has 3 rings (SSSR count). The van der Waals surface area contributed by atoms with Gasteiger partial charge in [0.25, 0.3) is 11.8 Å². The topological polar surface area (TPSA) is 63.4 Å². The summed E-state index contributed by atoms with van der Waals surface area (Å²) in [7, 11) is 0. The van der Waals surface area contributed by atoms with Crippen LogP contribution < -0.4 is 5.73 Å². The van der Waals surface area contributed by atoms with Crippen molar-refractivity contribution < 1.29 is 9.59 Å². The molecule has 0 aromatic heterocycles. The number of nitrogens with two attached hydrogens (primary N) is 1. The summed E-state index contributed by atoms with van der Waals surface area (Å²) in [6.07, 6.45) is 0. The molecule has 0 bridgehead atoms. The molecule has 1 saturated heterocycles. The second-order valence-electron chi connectivity index (χ2n) is 4.59. The molecule has 19 heavy (non-hydrogen) atoms. The van der Waals surface area contributed by atoms with Gasteiger partial charge in [-0.25, -0.2) is 0 Å². The Morgan fingerprint density at radius 1 is 1.21 bits per heavy atom. The van der Waals surface area contributed by atoms with E-state index in [1.807, 2.05) is 23.5 Å². The highest BCUT2D eigenvalue weighted by molar-refractivity contribution is 8.06. The first-order valence-corrected chi connectivity index (χ1v) is 8.32. The first kappa shape index (κ1) is 12.9. The number of amides is 2. The summed E-state index contributed by atoms with van der Waals surface area (Å²) < 4.78 is 0. The average molecular weight is 294 g/mol. The zero-order valence-corrected chi connectivity index (χ0v) is 11.9. The van der Waals surface area contributed by atoms with Crippen molar-refractivity contribution in [3.63, 3.8) is 0 Å². The van der Waals surface area contributed by atoms with E-state index < -0.39 is 0 Å². The zero-order valence-electron chi connectivity index (χ0n) is 10.3. The highest BCUT2D eigenvalue weighted by Gasteiger charge is 2.37. The van der Waals surface area contributed by atoms with Gasteiger partial charge in [-0.2, -0.15) is 23.5 Å². The van der Waals surface area contributed by atoms with Crippen LogP contribution in [0.5, 0.6) is 0 Å². The number of imide groups is 1. The van der Waals surface area contributed by atoms with Crippen molar-refractivity contribution in [3.05, 3.63) is 29.3 Å². The summed E-state index contributed by atoms with van der Waals surface area (Å²) in [5.74, 6) is 2.85. The lowest BCUT2D eigenvalue weighted by molar-refractivity contribution is 0.0656. The summed E-state index contributed by atoms with van der Waals surface area (Å²) in [6, 6.07) is 4.91. The molecule has 6 heteroatoms. The maximum atomic E-state index is 12.3. The Morgan fingerprint density at radius 3 is 2.74 bits per heavy atom. The van der Waals surface area contributed by atoms with E-state index in [-0.39, 0.29) is 11.8 Å². The first-order chi connectivity index (χ1) is 9.16. The summed E-state index contributed by atoms with van der Waals surface area (Å²) in [4.78, 5) is 25.9. The van der Waals surface area contributed by atoms with E-state index in [4.69, 9.17) is 5.73 Å². The van der Waals surface area contributed by atoms with Gasteiger partial charge in [-0.1, -0.05) is 0 Å². The fourth-order valence-corrected chi connectivity index (χ4v) is 4.97. The lowest BCUT2D eigenvalue weighted by Crippen LogP contribution is -2.37. The molecule has 1 fully saturated rings. The third-order valence-corrected chi connectivity index (χ3v) is 6.09. The number of hydrogen-bond acceptors (Lipinski definition) is 5. The molecule has 2 aliphatic heterocycles. The van der Waals surface area contributed by atoms with Gasteiger partial charge in [0.2, 0.25) is 0 Å². The zero-order chi connectivity index (χ0) is 13.4. The van der Waals surface area contributed by atoms with Crippen LogP contribution in [0.4, 0.5) is 5.69 Å². The smallest absolute Gasteiger partial charge is 0.261 e. The molecule has 0 spiro atoms. The number of nitrogens with zero attached hydrogens (tertiary/aromatic N) is 1. The molecule has 4 nitrogen and oxygen atoms in total. The number of anilines is 1. The lowest BCUT2D eigenvalue weighted by atomic mass is 10.1. The van der Waals surface area contributed by atoms with Crippen LogP contribution in [-0.2, 0) is 0 Å². The Balaban J connectivity index is 1.81. The van der Waals surface area contributed by atoms with Gasteiger partial charge in [0, 0.05) is 34.7 Å². The van der Waals surface area contributed by atoms with Gasteiger partial charge in [-0.3, -0.25) is 14.5 Å². The highest BCUT2D eigenvalue weighted by atomic mass is 32.2. The summed E-state index contributed by atoms with van der Waals surface area (Å²) in [5.41, 5.74) is 7.12. The lowest BCUT2D eigenvalue weighted by Gasteiger charge is -2.24. The third kappa shape index (κ3) is 2.34. The molecule has 2 heterocycles. The van der Waals surface area contributed by atoms with Crippen LogP contribution in [-0.4, -0.2) is 45.8 Å². The van der Waals surface area contributed by atoms with E-state index >= 15 is 0 Å². The average Bonchev–Trinajstić information content (AvgIpc) is 2.65. The van der Waals surface area contributed by atoms with Gasteiger partial charge in [0.15, 0.2) is 0 Å². The normalized spacial score (nSPS) is 22.7. The van der Waals surface area contributed by atoms with E-state index in [1.54, 1.807) is 18.2 Å². The molecule has 0 saturated carbocycles. The predicted molar refractivity (Wildman–Crippen MR) is 79.8 cm³/mol. The molecule has 0 aliphatic carbocycles. The van der Waals surface area contributed by atoms with Gasteiger partial charge >= 0.3 is 0 Å². The van der Waals surface area contributed by atoms with E-state index in [0.717, 1.165) is 17.3 Å². The third-order valence-electron chi connectivity index (χ3n) is 3.27. The molecule has 1 unspecified atom stereocenters. The number of carbonyl (C=O) groups is 2. The standard InChI is InChI=1S/C13H14N2O2S2/c14-8-1-2-10-11(5-8)13(17)15(12(10)16)6-9-7-18-3-4-19-9/h1-2,5,9H,3-4,6-7,14H2. The van der Waals surface area contributed by atoms with Crippen molar-refractivity contribution in [2.24, 2.45) is 0 Å². The minimum absolute atomic E-state index is 0.184. The monoisotopic (exact) mass is 294 g/mol. The van der Waals surface area contributed by atoms with E-state index in [9.17, 15) is 9.59 Å². The first-order valence-electron chi connectivity index (χ1n) is 6.12. The van der Waals surface area contributed by atoms with Gasteiger partial charge in [-0.05, 0) is 18.2 Å². The molecular formula is C13H14N2O2S2. The summed E-state index contributed by atoms with van der Waals surface area (Å²) in [5, 5.41) is 0.346. The predicted octanol–water partition coefficient (Wildman–Crippen LogP) is 1.71.